The van der Waals surface area contributed by atoms with Gasteiger partial charge in [-0.1, -0.05) is 11.6 Å². The Hall–Kier alpha value is -2.40. The van der Waals surface area contributed by atoms with Gasteiger partial charge in [-0.05, 0) is 25.1 Å². The molecule has 0 saturated carbocycles. The van der Waals surface area contributed by atoms with Crippen LogP contribution in [-0.4, -0.2) is 20.9 Å². The number of rotatable bonds is 3. The summed E-state index contributed by atoms with van der Waals surface area (Å²) in [6.45, 7) is 3.84. The molecule has 2 aromatic heterocycles. The maximum Gasteiger partial charge on any atom is 0.217 e. The average molecular weight is 315 g/mol. The fourth-order valence-electron chi connectivity index (χ4n) is 2.26. The molecule has 0 bridgehead atoms. The third-order valence-corrected chi connectivity index (χ3v) is 3.66. The van der Waals surface area contributed by atoms with Gasteiger partial charge in [-0.3, -0.25) is 14.8 Å². The molecule has 3 aromatic rings. The Labute approximate surface area is 132 Å². The molecule has 1 amide bonds. The second-order valence-electron chi connectivity index (χ2n) is 5.17. The lowest BCUT2D eigenvalue weighted by atomic mass is 10.1. The predicted molar refractivity (Wildman–Crippen MR) is 86.6 cm³/mol. The lowest BCUT2D eigenvalue weighted by Gasteiger charge is -2.04. The normalized spacial score (nSPS) is 10.9. The van der Waals surface area contributed by atoms with E-state index >= 15 is 0 Å². The van der Waals surface area contributed by atoms with Crippen LogP contribution in [0, 0.1) is 6.92 Å². The number of fused-ring (bicyclic) bond motifs is 1. The first-order chi connectivity index (χ1) is 10.5. The monoisotopic (exact) mass is 314 g/mol. The van der Waals surface area contributed by atoms with Gasteiger partial charge in [0.25, 0.3) is 0 Å². The second-order valence-corrected chi connectivity index (χ2v) is 5.57. The van der Waals surface area contributed by atoms with Gasteiger partial charge in [-0.2, -0.15) is 0 Å². The summed E-state index contributed by atoms with van der Waals surface area (Å²) in [5, 5.41) is 4.38. The van der Waals surface area contributed by atoms with Crippen LogP contribution in [-0.2, 0) is 11.3 Å². The van der Waals surface area contributed by atoms with Crippen molar-refractivity contribution in [1.29, 1.82) is 0 Å². The number of aromatic amines is 1. The summed E-state index contributed by atoms with van der Waals surface area (Å²) in [4.78, 5) is 22.9. The van der Waals surface area contributed by atoms with Crippen LogP contribution in [0.2, 0.25) is 5.02 Å². The number of carbonyl (C=O) groups excluding carboxylic acids is 1. The Bertz CT molecular complexity index is 839. The van der Waals surface area contributed by atoms with Gasteiger partial charge in [0, 0.05) is 35.3 Å². The lowest BCUT2D eigenvalue weighted by Crippen LogP contribution is -2.18. The minimum Gasteiger partial charge on any atom is -0.357 e. The van der Waals surface area contributed by atoms with Crippen molar-refractivity contribution in [1.82, 2.24) is 20.3 Å². The highest BCUT2D eigenvalue weighted by Crippen LogP contribution is 2.31. The zero-order valence-electron chi connectivity index (χ0n) is 12.3. The fourth-order valence-corrected chi connectivity index (χ4v) is 2.52. The van der Waals surface area contributed by atoms with E-state index in [1.807, 2.05) is 25.1 Å². The van der Waals surface area contributed by atoms with Crippen molar-refractivity contribution in [2.45, 2.75) is 20.4 Å². The predicted octanol–water partition coefficient (Wildman–Crippen LogP) is 3.22. The van der Waals surface area contributed by atoms with Gasteiger partial charge in [0.2, 0.25) is 5.91 Å². The number of nitrogens with one attached hydrogen (secondary N) is 2. The molecule has 0 unspecified atom stereocenters. The molecule has 0 radical (unpaired) electrons. The minimum atomic E-state index is -0.0627. The zero-order chi connectivity index (χ0) is 15.7. The molecule has 0 aliphatic heterocycles. The minimum absolute atomic E-state index is 0.0627. The first-order valence-corrected chi connectivity index (χ1v) is 7.25. The van der Waals surface area contributed by atoms with E-state index < -0.39 is 0 Å². The first kappa shape index (κ1) is 14.5. The number of hydrogen-bond donors (Lipinski definition) is 2. The summed E-state index contributed by atoms with van der Waals surface area (Å²) in [6, 6.07) is 5.82. The van der Waals surface area contributed by atoms with Crippen LogP contribution in [0.3, 0.4) is 0 Å². The summed E-state index contributed by atoms with van der Waals surface area (Å²) in [5.41, 5.74) is 4.29. The van der Waals surface area contributed by atoms with Crippen LogP contribution in [0.25, 0.3) is 22.2 Å². The molecule has 0 atom stereocenters. The molecule has 1 aromatic carbocycles. The smallest absolute Gasteiger partial charge is 0.217 e. The van der Waals surface area contributed by atoms with E-state index in [0.29, 0.717) is 11.6 Å². The molecular formula is C16H15ClN4O. The molecule has 2 N–H and O–H groups in total. The van der Waals surface area contributed by atoms with E-state index in [1.165, 1.54) is 6.92 Å². The van der Waals surface area contributed by atoms with Crippen LogP contribution < -0.4 is 5.32 Å². The van der Waals surface area contributed by atoms with Crippen LogP contribution in [0.4, 0.5) is 0 Å². The first-order valence-electron chi connectivity index (χ1n) is 6.87. The molecule has 0 aliphatic rings. The van der Waals surface area contributed by atoms with E-state index in [0.717, 1.165) is 33.5 Å². The van der Waals surface area contributed by atoms with E-state index in [2.05, 4.69) is 20.3 Å². The highest BCUT2D eigenvalue weighted by atomic mass is 35.5. The summed E-state index contributed by atoms with van der Waals surface area (Å²) in [7, 11) is 0. The van der Waals surface area contributed by atoms with Crippen LogP contribution in [0.15, 0.2) is 30.6 Å². The number of hydrogen-bond acceptors (Lipinski definition) is 3. The number of carbonyl (C=O) groups is 1. The van der Waals surface area contributed by atoms with Crippen LogP contribution in [0.5, 0.6) is 0 Å². The summed E-state index contributed by atoms with van der Waals surface area (Å²) in [5.74, 6) is -0.0627. The molecule has 0 spiro atoms. The number of nitrogens with zero attached hydrogens (tertiary/aromatic N) is 2. The number of aryl methyl sites for hydroxylation is 1. The Morgan fingerprint density at radius 1 is 1.27 bits per heavy atom. The topological polar surface area (TPSA) is 70.7 Å². The average Bonchev–Trinajstić information content (AvgIpc) is 2.87. The quantitative estimate of drug-likeness (QED) is 0.779. The zero-order valence-corrected chi connectivity index (χ0v) is 13.0. The van der Waals surface area contributed by atoms with Crippen molar-refractivity contribution >= 4 is 28.4 Å². The number of aromatic nitrogens is 3. The van der Waals surface area contributed by atoms with Crippen molar-refractivity contribution in [2.24, 2.45) is 0 Å². The molecule has 2 heterocycles. The van der Waals surface area contributed by atoms with Gasteiger partial charge in [0.05, 0.1) is 29.2 Å². The van der Waals surface area contributed by atoms with Gasteiger partial charge in [0.1, 0.15) is 0 Å². The molecule has 0 aliphatic carbocycles. The third-order valence-electron chi connectivity index (χ3n) is 3.35. The van der Waals surface area contributed by atoms with Gasteiger partial charge in [0.15, 0.2) is 0 Å². The standard InChI is InChI=1S/C16H15ClN4O/c1-9-6-20-16(8-18-9)13-5-15-11(4-14(13)17)3-12(21-15)7-19-10(2)22/h3-6,8,21H,7H2,1-2H3,(H,19,22). The summed E-state index contributed by atoms with van der Waals surface area (Å²) in [6.07, 6.45) is 3.43. The second kappa shape index (κ2) is 5.77. The van der Waals surface area contributed by atoms with Crippen molar-refractivity contribution < 1.29 is 4.79 Å². The molecule has 0 fully saturated rings. The third kappa shape index (κ3) is 2.94. The molecule has 3 rings (SSSR count). The molecule has 0 saturated heterocycles. The van der Waals surface area contributed by atoms with E-state index in [-0.39, 0.29) is 5.91 Å². The van der Waals surface area contributed by atoms with Gasteiger partial charge >= 0.3 is 0 Å². The molecule has 22 heavy (non-hydrogen) atoms. The van der Waals surface area contributed by atoms with Gasteiger partial charge in [-0.25, -0.2) is 0 Å². The van der Waals surface area contributed by atoms with E-state index in [9.17, 15) is 4.79 Å². The van der Waals surface area contributed by atoms with Gasteiger partial charge in [-0.15, -0.1) is 0 Å². The summed E-state index contributed by atoms with van der Waals surface area (Å²) < 4.78 is 0. The largest absolute Gasteiger partial charge is 0.357 e. The SMILES string of the molecule is CC(=O)NCc1cc2cc(Cl)c(-c3cnc(C)cn3)cc2[nH]1. The van der Waals surface area contributed by atoms with Crippen molar-refractivity contribution in [2.75, 3.05) is 0 Å². The van der Waals surface area contributed by atoms with Gasteiger partial charge < -0.3 is 10.3 Å². The van der Waals surface area contributed by atoms with Crippen molar-refractivity contribution in [3.05, 3.63) is 47.0 Å². The Kier molecular flexibility index (Phi) is 3.81. The molecule has 6 heteroatoms. The molecule has 112 valence electrons. The molecule has 5 nitrogen and oxygen atoms in total. The van der Waals surface area contributed by atoms with Crippen LogP contribution in [0.1, 0.15) is 18.3 Å². The number of benzene rings is 1. The maximum absolute atomic E-state index is 11.0. The van der Waals surface area contributed by atoms with Crippen molar-refractivity contribution in [3.63, 3.8) is 0 Å². The number of H-pyrrole nitrogens is 1. The summed E-state index contributed by atoms with van der Waals surface area (Å²) >= 11 is 6.36. The van der Waals surface area contributed by atoms with Crippen LogP contribution >= 0.6 is 11.6 Å². The number of amides is 1. The number of halogens is 1. The Balaban J connectivity index is 2.00. The highest BCUT2D eigenvalue weighted by molar-refractivity contribution is 6.34. The Morgan fingerprint density at radius 3 is 2.77 bits per heavy atom. The lowest BCUT2D eigenvalue weighted by molar-refractivity contribution is -0.119. The maximum atomic E-state index is 11.0. The van der Waals surface area contributed by atoms with Crippen molar-refractivity contribution in [3.8, 4) is 11.3 Å². The molecular weight excluding hydrogens is 300 g/mol. The fraction of sp³-hybridized carbons (Fsp3) is 0.188. The van der Waals surface area contributed by atoms with E-state index in [1.54, 1.807) is 12.4 Å². The highest BCUT2D eigenvalue weighted by Gasteiger charge is 2.10. The Morgan fingerprint density at radius 2 is 2.09 bits per heavy atom. The van der Waals surface area contributed by atoms with E-state index in [4.69, 9.17) is 11.6 Å².